The fourth-order valence-electron chi connectivity index (χ4n) is 2.03. The van der Waals surface area contributed by atoms with Crippen molar-refractivity contribution in [3.8, 4) is 0 Å². The lowest BCUT2D eigenvalue weighted by Gasteiger charge is -2.24. The van der Waals surface area contributed by atoms with Gasteiger partial charge < -0.3 is 16.0 Å². The number of nitrogens with zero attached hydrogens (tertiary/aromatic N) is 1. The summed E-state index contributed by atoms with van der Waals surface area (Å²) in [5.74, 6) is -0.0462. The van der Waals surface area contributed by atoms with Gasteiger partial charge in [0.1, 0.15) is 4.90 Å². The Hall–Kier alpha value is -1.80. The first kappa shape index (κ1) is 13.6. The number of sulfonamides is 1. The van der Waals surface area contributed by atoms with E-state index in [1.807, 2.05) is 4.90 Å². The maximum absolute atomic E-state index is 11.6. The number of nitrogens with two attached hydrogens (primary N) is 2. The third-order valence-electron chi connectivity index (χ3n) is 2.94. The molecule has 1 aliphatic heterocycles. The van der Waals surface area contributed by atoms with Crippen molar-refractivity contribution in [1.29, 1.82) is 0 Å². The van der Waals surface area contributed by atoms with Gasteiger partial charge in [-0.05, 0) is 18.2 Å². The van der Waals surface area contributed by atoms with Crippen molar-refractivity contribution < 1.29 is 13.2 Å². The van der Waals surface area contributed by atoms with Gasteiger partial charge in [-0.1, -0.05) is 0 Å². The minimum Gasteiger partial charge on any atom is -0.399 e. The van der Waals surface area contributed by atoms with E-state index in [2.05, 4.69) is 5.32 Å². The third-order valence-corrected chi connectivity index (χ3v) is 3.88. The third kappa shape index (κ3) is 3.15. The molecular formula is C11H16N4O3S. The van der Waals surface area contributed by atoms with Gasteiger partial charge in [0, 0.05) is 31.7 Å². The molecule has 0 radical (unpaired) electrons. The highest BCUT2D eigenvalue weighted by Gasteiger charge is 2.21. The zero-order valence-electron chi connectivity index (χ0n) is 10.3. The number of hydrogen-bond acceptors (Lipinski definition) is 5. The summed E-state index contributed by atoms with van der Waals surface area (Å²) in [6.45, 7) is 1.43. The minimum absolute atomic E-state index is 0.0122. The van der Waals surface area contributed by atoms with Crippen LogP contribution in [0, 0.1) is 0 Å². The Morgan fingerprint density at radius 1 is 1.26 bits per heavy atom. The van der Waals surface area contributed by atoms with Crippen LogP contribution in [0.3, 0.4) is 0 Å². The van der Waals surface area contributed by atoms with Crippen molar-refractivity contribution in [2.75, 3.05) is 30.3 Å². The summed E-state index contributed by atoms with van der Waals surface area (Å²) in [5, 5.41) is 7.93. The van der Waals surface area contributed by atoms with Crippen molar-refractivity contribution >= 4 is 27.3 Å². The van der Waals surface area contributed by atoms with Crippen LogP contribution < -0.4 is 21.1 Å². The Bertz CT molecular complexity index is 600. The maximum Gasteiger partial charge on any atom is 0.240 e. The zero-order valence-corrected chi connectivity index (χ0v) is 11.1. The normalized spacial score (nSPS) is 16.9. The fourth-order valence-corrected chi connectivity index (χ4v) is 2.82. The van der Waals surface area contributed by atoms with Crippen LogP contribution in [-0.2, 0) is 14.8 Å². The van der Waals surface area contributed by atoms with Crippen LogP contribution in [0.1, 0.15) is 6.42 Å². The number of rotatable bonds is 2. The van der Waals surface area contributed by atoms with Gasteiger partial charge in [0.25, 0.3) is 0 Å². The van der Waals surface area contributed by atoms with E-state index >= 15 is 0 Å². The number of carbonyl (C=O) groups excluding carboxylic acids is 1. The Morgan fingerprint density at radius 3 is 2.68 bits per heavy atom. The molecule has 1 fully saturated rings. The van der Waals surface area contributed by atoms with E-state index in [9.17, 15) is 13.2 Å². The summed E-state index contributed by atoms with van der Waals surface area (Å²) in [6.07, 6.45) is 0.314. The molecule has 0 spiro atoms. The summed E-state index contributed by atoms with van der Waals surface area (Å²) >= 11 is 0. The first-order valence-corrected chi connectivity index (χ1v) is 7.36. The summed E-state index contributed by atoms with van der Waals surface area (Å²) in [6, 6.07) is 4.57. The molecule has 0 aromatic heterocycles. The highest BCUT2D eigenvalue weighted by Crippen LogP contribution is 2.27. The van der Waals surface area contributed by atoms with Crippen molar-refractivity contribution in [2.45, 2.75) is 11.3 Å². The SMILES string of the molecule is Nc1ccc(N2CCNC(=O)CC2)c(S(N)(=O)=O)c1. The number of nitrogen functional groups attached to an aromatic ring is 1. The topological polar surface area (TPSA) is 119 Å². The Morgan fingerprint density at radius 2 is 2.00 bits per heavy atom. The number of amides is 1. The second kappa shape index (κ2) is 5.06. The van der Waals surface area contributed by atoms with Crippen LogP contribution in [0.5, 0.6) is 0 Å². The number of primary sulfonamides is 1. The number of anilines is 2. The molecule has 2 rings (SSSR count). The molecule has 1 amide bonds. The number of benzene rings is 1. The van der Waals surface area contributed by atoms with E-state index in [0.29, 0.717) is 37.4 Å². The molecular weight excluding hydrogens is 268 g/mol. The molecule has 1 aromatic rings. The largest absolute Gasteiger partial charge is 0.399 e. The number of hydrogen-bond donors (Lipinski definition) is 3. The molecule has 0 bridgehead atoms. The minimum atomic E-state index is -3.86. The second-order valence-corrected chi connectivity index (χ2v) is 5.89. The van der Waals surface area contributed by atoms with Gasteiger partial charge in [0.15, 0.2) is 0 Å². The van der Waals surface area contributed by atoms with Gasteiger partial charge in [-0.3, -0.25) is 4.79 Å². The van der Waals surface area contributed by atoms with Crippen LogP contribution in [0.15, 0.2) is 23.1 Å². The lowest BCUT2D eigenvalue weighted by Crippen LogP contribution is -2.30. The van der Waals surface area contributed by atoms with Crippen LogP contribution >= 0.6 is 0 Å². The van der Waals surface area contributed by atoms with Crippen molar-refractivity contribution in [3.63, 3.8) is 0 Å². The molecule has 0 saturated carbocycles. The molecule has 0 aliphatic carbocycles. The molecule has 8 heteroatoms. The van der Waals surface area contributed by atoms with E-state index in [1.54, 1.807) is 12.1 Å². The van der Waals surface area contributed by atoms with Gasteiger partial charge in [-0.2, -0.15) is 0 Å². The molecule has 1 saturated heterocycles. The average Bonchev–Trinajstić information content (AvgIpc) is 2.53. The predicted molar refractivity (Wildman–Crippen MR) is 72.1 cm³/mol. The summed E-state index contributed by atoms with van der Waals surface area (Å²) in [7, 11) is -3.86. The van der Waals surface area contributed by atoms with Crippen LogP contribution in [0.25, 0.3) is 0 Å². The average molecular weight is 284 g/mol. The molecule has 1 heterocycles. The molecule has 7 nitrogen and oxygen atoms in total. The number of nitrogens with one attached hydrogen (secondary N) is 1. The monoisotopic (exact) mass is 284 g/mol. The molecule has 1 aromatic carbocycles. The van der Waals surface area contributed by atoms with E-state index in [-0.39, 0.29) is 10.8 Å². The fraction of sp³-hybridized carbons (Fsp3) is 0.364. The van der Waals surface area contributed by atoms with Gasteiger partial charge >= 0.3 is 0 Å². The van der Waals surface area contributed by atoms with Gasteiger partial charge in [0.2, 0.25) is 15.9 Å². The van der Waals surface area contributed by atoms with Gasteiger partial charge in [-0.25, -0.2) is 13.6 Å². The van der Waals surface area contributed by atoms with Crippen molar-refractivity contribution in [3.05, 3.63) is 18.2 Å². The van der Waals surface area contributed by atoms with Gasteiger partial charge in [0.05, 0.1) is 5.69 Å². The molecule has 0 atom stereocenters. The van der Waals surface area contributed by atoms with E-state index in [0.717, 1.165) is 0 Å². The highest BCUT2D eigenvalue weighted by atomic mass is 32.2. The number of carbonyl (C=O) groups is 1. The first-order chi connectivity index (χ1) is 8.88. The smallest absolute Gasteiger partial charge is 0.240 e. The van der Waals surface area contributed by atoms with E-state index in [4.69, 9.17) is 10.9 Å². The van der Waals surface area contributed by atoms with E-state index in [1.165, 1.54) is 6.07 Å². The Balaban J connectivity index is 2.41. The lowest BCUT2D eigenvalue weighted by atomic mass is 10.2. The molecule has 1 aliphatic rings. The predicted octanol–water partition coefficient (Wildman–Crippen LogP) is -0.757. The van der Waals surface area contributed by atoms with Crippen molar-refractivity contribution in [2.24, 2.45) is 5.14 Å². The Labute approximate surface area is 111 Å². The van der Waals surface area contributed by atoms with Gasteiger partial charge in [-0.15, -0.1) is 0 Å². The zero-order chi connectivity index (χ0) is 14.0. The highest BCUT2D eigenvalue weighted by molar-refractivity contribution is 7.89. The summed E-state index contributed by atoms with van der Waals surface area (Å²) in [4.78, 5) is 13.1. The maximum atomic E-state index is 11.6. The quantitative estimate of drug-likeness (QED) is 0.617. The lowest BCUT2D eigenvalue weighted by molar-refractivity contribution is -0.120. The standard InChI is InChI=1S/C11H16N4O3S/c12-8-1-2-9(10(7-8)19(13,17)18)15-5-3-11(16)14-4-6-15/h1-2,7H,3-6,12H2,(H,14,16)(H2,13,17,18). The van der Waals surface area contributed by atoms with E-state index < -0.39 is 10.0 Å². The summed E-state index contributed by atoms with van der Waals surface area (Å²) in [5.41, 5.74) is 6.41. The van der Waals surface area contributed by atoms with Crippen LogP contribution in [-0.4, -0.2) is 34.0 Å². The molecule has 104 valence electrons. The second-order valence-electron chi connectivity index (χ2n) is 4.36. The molecule has 5 N–H and O–H groups in total. The van der Waals surface area contributed by atoms with Crippen molar-refractivity contribution in [1.82, 2.24) is 5.32 Å². The van der Waals surface area contributed by atoms with Crippen LogP contribution in [0.2, 0.25) is 0 Å². The molecule has 19 heavy (non-hydrogen) atoms. The summed E-state index contributed by atoms with van der Waals surface area (Å²) < 4.78 is 23.2. The first-order valence-electron chi connectivity index (χ1n) is 5.82. The van der Waals surface area contributed by atoms with Crippen LogP contribution in [0.4, 0.5) is 11.4 Å². The Kier molecular flexibility index (Phi) is 3.63. The molecule has 0 unspecified atom stereocenters.